The van der Waals surface area contributed by atoms with Crippen LogP contribution in [0.15, 0.2) is 24.3 Å². The van der Waals surface area contributed by atoms with Crippen molar-refractivity contribution >= 4 is 0 Å². The predicted octanol–water partition coefficient (Wildman–Crippen LogP) is 2.83. The minimum Gasteiger partial charge on any atom is -0.494 e. The summed E-state index contributed by atoms with van der Waals surface area (Å²) in [5, 5.41) is 3.59. The molecule has 3 nitrogen and oxygen atoms in total. The fraction of sp³-hybridized carbons (Fsp3) is 0.625. The van der Waals surface area contributed by atoms with E-state index in [1.807, 2.05) is 6.92 Å². The Morgan fingerprint density at radius 1 is 1.32 bits per heavy atom. The minimum atomic E-state index is 0.478. The SMILES string of the molecule is CCOc1ccc(C(CC2CCCN2)N(C)C)cc1. The third-order valence-corrected chi connectivity index (χ3v) is 3.87. The number of benzene rings is 1. The first-order valence-corrected chi connectivity index (χ1v) is 7.33. The molecule has 1 aromatic carbocycles. The summed E-state index contributed by atoms with van der Waals surface area (Å²) >= 11 is 0. The molecular weight excluding hydrogens is 236 g/mol. The predicted molar refractivity (Wildman–Crippen MR) is 79.7 cm³/mol. The van der Waals surface area contributed by atoms with E-state index >= 15 is 0 Å². The highest BCUT2D eigenvalue weighted by Gasteiger charge is 2.22. The Balaban J connectivity index is 2.04. The van der Waals surface area contributed by atoms with Crippen molar-refractivity contribution < 1.29 is 4.74 Å². The molecular formula is C16H26N2O. The van der Waals surface area contributed by atoms with Crippen molar-refractivity contribution in [1.82, 2.24) is 10.2 Å². The van der Waals surface area contributed by atoms with Gasteiger partial charge in [0, 0.05) is 12.1 Å². The molecule has 19 heavy (non-hydrogen) atoms. The van der Waals surface area contributed by atoms with Gasteiger partial charge >= 0.3 is 0 Å². The monoisotopic (exact) mass is 262 g/mol. The van der Waals surface area contributed by atoms with E-state index in [4.69, 9.17) is 4.74 Å². The minimum absolute atomic E-state index is 0.478. The standard InChI is InChI=1S/C16H26N2O/c1-4-19-15-9-7-13(8-10-15)16(18(2)3)12-14-6-5-11-17-14/h7-10,14,16-17H,4-6,11-12H2,1-3H3. The van der Waals surface area contributed by atoms with E-state index in [-0.39, 0.29) is 0 Å². The molecule has 2 atom stereocenters. The van der Waals surface area contributed by atoms with E-state index in [0.717, 1.165) is 12.4 Å². The molecule has 2 rings (SSSR count). The first kappa shape index (κ1) is 14.4. The molecule has 2 unspecified atom stereocenters. The van der Waals surface area contributed by atoms with Gasteiger partial charge < -0.3 is 15.0 Å². The van der Waals surface area contributed by atoms with Crippen molar-refractivity contribution in [3.8, 4) is 5.75 Å². The van der Waals surface area contributed by atoms with Crippen LogP contribution in [0.3, 0.4) is 0 Å². The largest absolute Gasteiger partial charge is 0.494 e. The van der Waals surface area contributed by atoms with Crippen molar-refractivity contribution in [2.75, 3.05) is 27.2 Å². The van der Waals surface area contributed by atoms with Crippen LogP contribution in [0.25, 0.3) is 0 Å². The molecule has 1 N–H and O–H groups in total. The normalized spacial score (nSPS) is 20.7. The van der Waals surface area contributed by atoms with Gasteiger partial charge in [-0.3, -0.25) is 0 Å². The summed E-state index contributed by atoms with van der Waals surface area (Å²) in [6.45, 7) is 3.92. The second-order valence-electron chi connectivity index (χ2n) is 5.51. The maximum absolute atomic E-state index is 5.51. The molecule has 0 aliphatic carbocycles. The summed E-state index contributed by atoms with van der Waals surface area (Å²) in [5.74, 6) is 0.961. The Hall–Kier alpha value is -1.06. The zero-order valence-corrected chi connectivity index (χ0v) is 12.4. The Kier molecular flexibility index (Phi) is 5.23. The number of hydrogen-bond acceptors (Lipinski definition) is 3. The van der Waals surface area contributed by atoms with E-state index in [0.29, 0.717) is 12.1 Å². The molecule has 0 bridgehead atoms. The van der Waals surface area contributed by atoms with Crippen LogP contribution in [0.1, 0.15) is 37.8 Å². The fourth-order valence-electron chi connectivity index (χ4n) is 2.83. The van der Waals surface area contributed by atoms with E-state index in [1.54, 1.807) is 0 Å². The lowest BCUT2D eigenvalue weighted by atomic mass is 9.97. The van der Waals surface area contributed by atoms with Crippen molar-refractivity contribution in [3.05, 3.63) is 29.8 Å². The van der Waals surface area contributed by atoms with Gasteiger partial charge in [0.25, 0.3) is 0 Å². The summed E-state index contributed by atoms with van der Waals surface area (Å²) in [6.07, 6.45) is 3.80. The van der Waals surface area contributed by atoms with E-state index in [2.05, 4.69) is 48.6 Å². The zero-order valence-electron chi connectivity index (χ0n) is 12.4. The second kappa shape index (κ2) is 6.92. The van der Waals surface area contributed by atoms with Crippen LogP contribution < -0.4 is 10.1 Å². The Labute approximate surface area is 116 Å². The smallest absolute Gasteiger partial charge is 0.119 e. The molecule has 1 heterocycles. The molecule has 1 aliphatic heterocycles. The average Bonchev–Trinajstić information content (AvgIpc) is 2.90. The van der Waals surface area contributed by atoms with Gasteiger partial charge in [0.05, 0.1) is 6.61 Å². The average molecular weight is 262 g/mol. The lowest BCUT2D eigenvalue weighted by molar-refractivity contribution is 0.262. The molecule has 0 radical (unpaired) electrons. The molecule has 3 heteroatoms. The number of nitrogens with one attached hydrogen (secondary N) is 1. The number of rotatable bonds is 6. The van der Waals surface area contributed by atoms with Crippen LogP contribution in [0.2, 0.25) is 0 Å². The molecule has 0 aromatic heterocycles. The summed E-state index contributed by atoms with van der Waals surface area (Å²) in [5.41, 5.74) is 1.38. The van der Waals surface area contributed by atoms with Crippen LogP contribution in [0.4, 0.5) is 0 Å². The lowest BCUT2D eigenvalue weighted by Crippen LogP contribution is -2.29. The van der Waals surface area contributed by atoms with Crippen molar-refractivity contribution in [2.24, 2.45) is 0 Å². The summed E-state index contributed by atoms with van der Waals surface area (Å²) in [4.78, 5) is 2.32. The highest BCUT2D eigenvalue weighted by atomic mass is 16.5. The van der Waals surface area contributed by atoms with Gasteiger partial charge in [0.2, 0.25) is 0 Å². The first-order chi connectivity index (χ1) is 9.20. The van der Waals surface area contributed by atoms with Gasteiger partial charge in [-0.25, -0.2) is 0 Å². The second-order valence-corrected chi connectivity index (χ2v) is 5.51. The molecule has 106 valence electrons. The molecule has 0 amide bonds. The lowest BCUT2D eigenvalue weighted by Gasteiger charge is -2.27. The topological polar surface area (TPSA) is 24.5 Å². The molecule has 1 fully saturated rings. The number of ether oxygens (including phenoxy) is 1. The van der Waals surface area contributed by atoms with Gasteiger partial charge in [-0.2, -0.15) is 0 Å². The van der Waals surface area contributed by atoms with Crippen LogP contribution >= 0.6 is 0 Å². The highest BCUT2D eigenvalue weighted by molar-refractivity contribution is 5.29. The van der Waals surface area contributed by atoms with E-state index in [9.17, 15) is 0 Å². The fourth-order valence-corrected chi connectivity index (χ4v) is 2.83. The van der Waals surface area contributed by atoms with Crippen LogP contribution in [0, 0.1) is 0 Å². The first-order valence-electron chi connectivity index (χ1n) is 7.33. The van der Waals surface area contributed by atoms with Gasteiger partial charge in [0.1, 0.15) is 5.75 Å². The zero-order chi connectivity index (χ0) is 13.7. The molecule has 0 saturated carbocycles. The third kappa shape index (κ3) is 3.95. The Morgan fingerprint density at radius 2 is 2.05 bits per heavy atom. The van der Waals surface area contributed by atoms with Crippen LogP contribution in [-0.2, 0) is 0 Å². The Bertz CT molecular complexity index is 369. The van der Waals surface area contributed by atoms with Gasteiger partial charge in [0.15, 0.2) is 0 Å². The summed E-state index contributed by atoms with van der Waals surface area (Å²) in [7, 11) is 4.33. The third-order valence-electron chi connectivity index (χ3n) is 3.87. The maximum Gasteiger partial charge on any atom is 0.119 e. The van der Waals surface area contributed by atoms with Crippen molar-refractivity contribution in [1.29, 1.82) is 0 Å². The van der Waals surface area contributed by atoms with Crippen molar-refractivity contribution in [2.45, 2.75) is 38.3 Å². The molecule has 1 aliphatic rings. The quantitative estimate of drug-likeness (QED) is 0.853. The summed E-state index contributed by atoms with van der Waals surface area (Å²) < 4.78 is 5.51. The molecule has 0 spiro atoms. The summed E-state index contributed by atoms with van der Waals surface area (Å²) in [6, 6.07) is 9.70. The van der Waals surface area contributed by atoms with Crippen LogP contribution in [0.5, 0.6) is 5.75 Å². The highest BCUT2D eigenvalue weighted by Crippen LogP contribution is 2.27. The number of hydrogen-bond donors (Lipinski definition) is 1. The maximum atomic E-state index is 5.51. The van der Waals surface area contributed by atoms with Gasteiger partial charge in [-0.1, -0.05) is 12.1 Å². The van der Waals surface area contributed by atoms with Crippen molar-refractivity contribution in [3.63, 3.8) is 0 Å². The number of nitrogens with zero attached hydrogens (tertiary/aromatic N) is 1. The molecule has 1 saturated heterocycles. The van der Waals surface area contributed by atoms with E-state index < -0.39 is 0 Å². The Morgan fingerprint density at radius 3 is 2.58 bits per heavy atom. The van der Waals surface area contributed by atoms with Crippen LogP contribution in [-0.4, -0.2) is 38.2 Å². The van der Waals surface area contributed by atoms with Gasteiger partial charge in [-0.15, -0.1) is 0 Å². The molecule has 1 aromatic rings. The van der Waals surface area contributed by atoms with E-state index in [1.165, 1.54) is 31.4 Å². The van der Waals surface area contributed by atoms with Gasteiger partial charge in [-0.05, 0) is 64.5 Å².